The minimum Gasteiger partial charge on any atom is -1.00 e. The fourth-order valence-electron chi connectivity index (χ4n) is 2.20. The maximum atomic E-state index is 6.25. The van der Waals surface area contributed by atoms with Gasteiger partial charge in [0, 0.05) is 0 Å². The average Bonchev–Trinajstić information content (AvgIpc) is 2.32. The Bertz CT molecular complexity index is 145. The zero-order valence-corrected chi connectivity index (χ0v) is 14.3. The van der Waals surface area contributed by atoms with Crippen LogP contribution >= 0.6 is 11.6 Å². The molecule has 0 aliphatic carbocycles. The van der Waals surface area contributed by atoms with Gasteiger partial charge in [0.05, 0.1) is 19.6 Å². The van der Waals surface area contributed by atoms with Gasteiger partial charge in [-0.3, -0.25) is 0 Å². The average molecular weight is 329 g/mol. The van der Waals surface area contributed by atoms with Crippen molar-refractivity contribution in [2.24, 2.45) is 0 Å². The summed E-state index contributed by atoms with van der Waals surface area (Å²) in [5, 5.41) is 0. The van der Waals surface area contributed by atoms with E-state index in [1.807, 2.05) is 0 Å². The summed E-state index contributed by atoms with van der Waals surface area (Å²) in [7, 11) is 0. The molecule has 0 aliphatic heterocycles. The van der Waals surface area contributed by atoms with Crippen molar-refractivity contribution in [1.29, 1.82) is 0 Å². The Kier molecular flexibility index (Phi) is 15.5. The summed E-state index contributed by atoms with van der Waals surface area (Å²) in [6, 6.07) is 0.809. The van der Waals surface area contributed by atoms with E-state index in [4.69, 9.17) is 11.6 Å². The highest BCUT2D eigenvalue weighted by Gasteiger charge is 2.24. The Morgan fingerprint density at radius 2 is 1.12 bits per heavy atom. The van der Waals surface area contributed by atoms with Crippen LogP contribution in [0.2, 0.25) is 0 Å². The molecule has 0 aliphatic rings. The third kappa shape index (κ3) is 9.32. The van der Waals surface area contributed by atoms with Crippen LogP contribution in [0.5, 0.6) is 0 Å². The second kappa shape index (κ2) is 13.2. The molecule has 106 valence electrons. The van der Waals surface area contributed by atoms with Crippen molar-refractivity contribution in [3.8, 4) is 0 Å². The standard InChI is InChI=1S/C14H31ClN.BrH/c1-4-7-10-13-16(14-15,11-8-5-2)12-9-6-3;/h4-14H2,1-3H3;1H/q+1;/p-1. The largest absolute Gasteiger partial charge is 1.00 e. The summed E-state index contributed by atoms with van der Waals surface area (Å²) < 4.78 is 1.16. The van der Waals surface area contributed by atoms with Gasteiger partial charge in [-0.15, -0.1) is 0 Å². The topological polar surface area (TPSA) is 0 Å². The highest BCUT2D eigenvalue weighted by Crippen LogP contribution is 2.16. The zero-order chi connectivity index (χ0) is 12.3. The van der Waals surface area contributed by atoms with Crippen LogP contribution in [0, 0.1) is 0 Å². The van der Waals surface area contributed by atoms with Crippen molar-refractivity contribution >= 4 is 11.6 Å². The Morgan fingerprint density at radius 3 is 1.47 bits per heavy atom. The summed E-state index contributed by atoms with van der Waals surface area (Å²) in [6.07, 6.45) is 9.23. The molecule has 0 radical (unpaired) electrons. The van der Waals surface area contributed by atoms with Crippen LogP contribution in [0.3, 0.4) is 0 Å². The number of hydrogen-bond donors (Lipinski definition) is 0. The summed E-state index contributed by atoms with van der Waals surface area (Å²) in [5.41, 5.74) is 0. The van der Waals surface area contributed by atoms with Gasteiger partial charge in [-0.25, -0.2) is 0 Å². The molecule has 0 saturated carbocycles. The maximum absolute atomic E-state index is 6.25. The SMILES string of the molecule is CCCCC[N+](CCl)(CCCC)CCCC.[Br-]. The molecule has 0 aromatic heterocycles. The number of unbranched alkanes of at least 4 members (excludes halogenated alkanes) is 4. The second-order valence-corrected chi connectivity index (χ2v) is 5.29. The Morgan fingerprint density at radius 1 is 0.706 bits per heavy atom. The van der Waals surface area contributed by atoms with Crippen LogP contribution in [0.25, 0.3) is 0 Å². The van der Waals surface area contributed by atoms with E-state index in [0.29, 0.717) is 0 Å². The molecule has 0 bridgehead atoms. The van der Waals surface area contributed by atoms with Crippen LogP contribution in [0.1, 0.15) is 65.7 Å². The maximum Gasteiger partial charge on any atom is 0.154 e. The first kappa shape index (κ1) is 20.1. The molecule has 0 amide bonds. The second-order valence-electron chi connectivity index (χ2n) is 5.05. The predicted octanol–water partition coefficient (Wildman–Crippen LogP) is 1.79. The number of alkyl halides is 1. The van der Waals surface area contributed by atoms with E-state index in [1.54, 1.807) is 0 Å². The van der Waals surface area contributed by atoms with Crippen LogP contribution in [-0.4, -0.2) is 30.1 Å². The lowest BCUT2D eigenvalue weighted by Crippen LogP contribution is -3.00. The van der Waals surface area contributed by atoms with Crippen molar-refractivity contribution in [2.75, 3.05) is 25.6 Å². The summed E-state index contributed by atoms with van der Waals surface area (Å²) in [6.45, 7) is 10.7. The van der Waals surface area contributed by atoms with E-state index in [2.05, 4.69) is 20.8 Å². The third-order valence-corrected chi connectivity index (χ3v) is 3.97. The van der Waals surface area contributed by atoms with Crippen LogP contribution in [-0.2, 0) is 0 Å². The first-order valence-corrected chi connectivity index (χ1v) is 7.69. The summed E-state index contributed by atoms with van der Waals surface area (Å²) in [4.78, 5) is 0. The smallest absolute Gasteiger partial charge is 0.154 e. The van der Waals surface area contributed by atoms with E-state index >= 15 is 0 Å². The molecule has 17 heavy (non-hydrogen) atoms. The minimum absolute atomic E-state index is 0. The quantitative estimate of drug-likeness (QED) is 0.235. The van der Waals surface area contributed by atoms with Crippen LogP contribution < -0.4 is 17.0 Å². The van der Waals surface area contributed by atoms with Gasteiger partial charge in [0.25, 0.3) is 0 Å². The Balaban J connectivity index is 0. The van der Waals surface area contributed by atoms with Gasteiger partial charge >= 0.3 is 0 Å². The number of nitrogens with zero attached hydrogens (tertiary/aromatic N) is 1. The molecule has 0 heterocycles. The number of hydrogen-bond acceptors (Lipinski definition) is 0. The van der Waals surface area contributed by atoms with Crippen molar-refractivity contribution in [3.05, 3.63) is 0 Å². The van der Waals surface area contributed by atoms with E-state index in [-0.39, 0.29) is 17.0 Å². The van der Waals surface area contributed by atoms with E-state index in [1.165, 1.54) is 64.6 Å². The van der Waals surface area contributed by atoms with Gasteiger partial charge in [-0.05, 0) is 25.7 Å². The van der Waals surface area contributed by atoms with Gasteiger partial charge in [0.1, 0.15) is 0 Å². The van der Waals surface area contributed by atoms with Crippen molar-refractivity contribution < 1.29 is 21.5 Å². The molecule has 3 heteroatoms. The summed E-state index contributed by atoms with van der Waals surface area (Å²) in [5.74, 6) is 0. The normalized spacial score (nSPS) is 11.3. The Hall–Kier alpha value is 0.730. The highest BCUT2D eigenvalue weighted by molar-refractivity contribution is 6.16. The van der Waals surface area contributed by atoms with Crippen molar-refractivity contribution in [1.82, 2.24) is 0 Å². The van der Waals surface area contributed by atoms with Gasteiger partial charge in [0.15, 0.2) is 6.00 Å². The highest BCUT2D eigenvalue weighted by atomic mass is 79.9. The zero-order valence-electron chi connectivity index (χ0n) is 12.0. The molecule has 0 aromatic rings. The first-order valence-electron chi connectivity index (χ1n) is 7.15. The first-order chi connectivity index (χ1) is 7.74. The molecule has 0 saturated heterocycles. The van der Waals surface area contributed by atoms with Crippen molar-refractivity contribution in [3.63, 3.8) is 0 Å². The minimum atomic E-state index is 0. The molecule has 0 fully saturated rings. The lowest BCUT2D eigenvalue weighted by Gasteiger charge is -2.37. The number of quaternary nitrogens is 1. The molecule has 1 nitrogen and oxygen atoms in total. The molecule has 0 spiro atoms. The van der Waals surface area contributed by atoms with Gasteiger partial charge < -0.3 is 21.5 Å². The van der Waals surface area contributed by atoms with Gasteiger partial charge in [-0.1, -0.05) is 51.6 Å². The van der Waals surface area contributed by atoms with Gasteiger partial charge in [0.2, 0.25) is 0 Å². The fourth-order valence-corrected chi connectivity index (χ4v) is 2.56. The van der Waals surface area contributed by atoms with E-state index < -0.39 is 0 Å². The lowest BCUT2D eigenvalue weighted by molar-refractivity contribution is -0.918. The van der Waals surface area contributed by atoms with Gasteiger partial charge in [-0.2, -0.15) is 0 Å². The van der Waals surface area contributed by atoms with Crippen molar-refractivity contribution in [2.45, 2.75) is 65.7 Å². The van der Waals surface area contributed by atoms with Crippen LogP contribution in [0.4, 0.5) is 0 Å². The van der Waals surface area contributed by atoms with E-state index in [9.17, 15) is 0 Å². The molecular weight excluding hydrogens is 298 g/mol. The number of halogens is 2. The molecule has 0 N–H and O–H groups in total. The number of rotatable bonds is 11. The molecule has 0 unspecified atom stereocenters. The fraction of sp³-hybridized carbons (Fsp3) is 1.00. The van der Waals surface area contributed by atoms with E-state index in [0.717, 1.165) is 10.5 Å². The monoisotopic (exact) mass is 327 g/mol. The van der Waals surface area contributed by atoms with Crippen LogP contribution in [0.15, 0.2) is 0 Å². The molecule has 0 rings (SSSR count). The lowest BCUT2D eigenvalue weighted by atomic mass is 10.2. The molecule has 0 aromatic carbocycles. The predicted molar refractivity (Wildman–Crippen MR) is 74.9 cm³/mol. The Labute approximate surface area is 124 Å². The third-order valence-electron chi connectivity index (χ3n) is 3.46. The summed E-state index contributed by atoms with van der Waals surface area (Å²) >= 11 is 6.25. The molecular formula is C14H31BrClN. The molecule has 0 atom stereocenters.